The first-order valence-electron chi connectivity index (χ1n) is 7.18. The number of amides is 1. The van der Waals surface area contributed by atoms with Gasteiger partial charge in [-0.05, 0) is 34.6 Å². The van der Waals surface area contributed by atoms with Crippen molar-refractivity contribution in [1.82, 2.24) is 9.80 Å². The first-order chi connectivity index (χ1) is 9.15. The molecule has 0 aromatic heterocycles. The lowest BCUT2D eigenvalue weighted by atomic mass is 10.1. The maximum atomic E-state index is 12.0. The number of carbonyl (C=O) groups excluding carboxylic acids is 1. The predicted molar refractivity (Wildman–Crippen MR) is 76.5 cm³/mol. The summed E-state index contributed by atoms with van der Waals surface area (Å²) in [5, 5.41) is 19.3. The average Bonchev–Trinajstić information content (AvgIpc) is 2.65. The molecule has 1 saturated heterocycles. The van der Waals surface area contributed by atoms with E-state index in [1.165, 1.54) is 4.90 Å². The van der Waals surface area contributed by atoms with Crippen molar-refractivity contribution in [1.29, 1.82) is 0 Å². The molecule has 0 saturated carbocycles. The fourth-order valence-corrected chi connectivity index (χ4v) is 2.49. The third-order valence-electron chi connectivity index (χ3n) is 3.36. The van der Waals surface area contributed by atoms with E-state index in [0.717, 1.165) is 0 Å². The van der Waals surface area contributed by atoms with Gasteiger partial charge in [-0.1, -0.05) is 0 Å². The highest BCUT2D eigenvalue weighted by Gasteiger charge is 2.39. The third-order valence-corrected chi connectivity index (χ3v) is 3.36. The van der Waals surface area contributed by atoms with Crippen LogP contribution in [0.3, 0.4) is 0 Å². The van der Waals surface area contributed by atoms with Crippen molar-refractivity contribution >= 4 is 6.09 Å². The van der Waals surface area contributed by atoms with Gasteiger partial charge in [0.25, 0.3) is 0 Å². The van der Waals surface area contributed by atoms with Crippen LogP contribution in [0.5, 0.6) is 0 Å². The molecule has 118 valence electrons. The summed E-state index contributed by atoms with van der Waals surface area (Å²) in [6.45, 7) is 10.7. The van der Waals surface area contributed by atoms with Gasteiger partial charge < -0.3 is 19.8 Å². The molecule has 6 nitrogen and oxygen atoms in total. The lowest BCUT2D eigenvalue weighted by Crippen LogP contribution is -2.48. The summed E-state index contributed by atoms with van der Waals surface area (Å²) >= 11 is 0. The molecule has 0 bridgehead atoms. The third kappa shape index (κ3) is 4.61. The Bertz CT molecular complexity index is 328. The van der Waals surface area contributed by atoms with E-state index in [0.29, 0.717) is 13.1 Å². The Hall–Kier alpha value is -0.850. The van der Waals surface area contributed by atoms with Crippen LogP contribution in [0.15, 0.2) is 0 Å². The number of ether oxygens (including phenoxy) is 1. The Labute approximate surface area is 121 Å². The van der Waals surface area contributed by atoms with Crippen molar-refractivity contribution in [2.75, 3.05) is 26.2 Å². The zero-order valence-corrected chi connectivity index (χ0v) is 13.2. The minimum absolute atomic E-state index is 0.0356. The lowest BCUT2D eigenvalue weighted by Gasteiger charge is -2.33. The van der Waals surface area contributed by atoms with Crippen LogP contribution in [0, 0.1) is 0 Å². The van der Waals surface area contributed by atoms with E-state index in [1.807, 2.05) is 39.5 Å². The largest absolute Gasteiger partial charge is 0.444 e. The van der Waals surface area contributed by atoms with E-state index < -0.39 is 17.8 Å². The first-order valence-corrected chi connectivity index (χ1v) is 7.18. The number of carbonyl (C=O) groups is 1. The number of aliphatic hydroxyl groups excluding tert-OH is 2. The zero-order valence-electron chi connectivity index (χ0n) is 13.2. The minimum Gasteiger partial charge on any atom is -0.444 e. The molecule has 6 heteroatoms. The molecule has 1 aliphatic rings. The Balaban J connectivity index is 2.68. The average molecular weight is 288 g/mol. The number of hydrogen-bond acceptors (Lipinski definition) is 5. The van der Waals surface area contributed by atoms with E-state index in [1.54, 1.807) is 0 Å². The Morgan fingerprint density at radius 2 is 2.00 bits per heavy atom. The van der Waals surface area contributed by atoms with Crippen molar-refractivity contribution in [3.8, 4) is 0 Å². The molecule has 2 atom stereocenters. The second-order valence-electron chi connectivity index (χ2n) is 6.58. The SMILES string of the molecule is CC(C)N(CCO)[C@@H]1CN(C(=O)OC(C)(C)C)C[C@H]1O. The normalized spacial score (nSPS) is 23.8. The number of β-amino-alcohol motifs (C(OH)–C–C–N with tert-alkyl or cyclic N) is 1. The van der Waals surface area contributed by atoms with Gasteiger partial charge in [-0.25, -0.2) is 4.79 Å². The molecular formula is C14H28N2O4. The standard InChI is InChI=1S/C14H28N2O4/c1-10(2)16(6-7-17)11-8-15(9-12(11)18)13(19)20-14(3,4)5/h10-12,17-18H,6-9H2,1-5H3/t11-,12-/m1/s1. The molecule has 0 unspecified atom stereocenters. The second-order valence-corrected chi connectivity index (χ2v) is 6.58. The maximum Gasteiger partial charge on any atom is 0.410 e. The van der Waals surface area contributed by atoms with E-state index >= 15 is 0 Å². The summed E-state index contributed by atoms with van der Waals surface area (Å²) in [4.78, 5) is 15.6. The number of rotatable bonds is 4. The second kappa shape index (κ2) is 6.74. The van der Waals surface area contributed by atoms with E-state index in [9.17, 15) is 9.90 Å². The molecule has 1 aliphatic heterocycles. The molecule has 1 heterocycles. The molecule has 0 spiro atoms. The zero-order chi connectivity index (χ0) is 15.5. The van der Waals surface area contributed by atoms with E-state index in [2.05, 4.69) is 0 Å². The van der Waals surface area contributed by atoms with Crippen molar-refractivity contribution in [2.24, 2.45) is 0 Å². The Kier molecular flexibility index (Phi) is 5.79. The van der Waals surface area contributed by atoms with E-state index in [4.69, 9.17) is 9.84 Å². The van der Waals surface area contributed by atoms with Crippen molar-refractivity contribution in [3.05, 3.63) is 0 Å². The summed E-state index contributed by atoms with van der Waals surface area (Å²) in [7, 11) is 0. The fraction of sp³-hybridized carbons (Fsp3) is 0.929. The Morgan fingerprint density at radius 3 is 2.45 bits per heavy atom. The highest BCUT2D eigenvalue weighted by molar-refractivity contribution is 5.68. The molecule has 1 rings (SSSR count). The molecule has 0 aromatic rings. The van der Waals surface area contributed by atoms with Gasteiger partial charge >= 0.3 is 6.09 Å². The van der Waals surface area contributed by atoms with Crippen molar-refractivity contribution < 1.29 is 19.7 Å². The van der Waals surface area contributed by atoms with Gasteiger partial charge in [-0.2, -0.15) is 0 Å². The summed E-state index contributed by atoms with van der Waals surface area (Å²) in [5.74, 6) is 0. The van der Waals surface area contributed by atoms with Crippen LogP contribution in [-0.2, 0) is 4.74 Å². The summed E-state index contributed by atoms with van der Waals surface area (Å²) < 4.78 is 5.33. The van der Waals surface area contributed by atoms with Crippen LogP contribution in [0.1, 0.15) is 34.6 Å². The number of nitrogens with zero attached hydrogens (tertiary/aromatic N) is 2. The van der Waals surface area contributed by atoms with Crippen molar-refractivity contribution in [3.63, 3.8) is 0 Å². The molecule has 0 aromatic carbocycles. The van der Waals surface area contributed by atoms with Crippen LogP contribution in [-0.4, -0.2) is 76.1 Å². The number of likely N-dealkylation sites (tertiary alicyclic amines) is 1. The molecule has 1 fully saturated rings. The summed E-state index contributed by atoms with van der Waals surface area (Å²) in [5.41, 5.74) is -0.539. The molecule has 0 aliphatic carbocycles. The van der Waals surface area contributed by atoms with Gasteiger partial charge in [0.1, 0.15) is 5.60 Å². The molecular weight excluding hydrogens is 260 g/mol. The first kappa shape index (κ1) is 17.2. The van der Waals surface area contributed by atoms with Crippen LogP contribution < -0.4 is 0 Å². The van der Waals surface area contributed by atoms with E-state index in [-0.39, 0.29) is 25.2 Å². The maximum absolute atomic E-state index is 12.0. The van der Waals surface area contributed by atoms with Crippen LogP contribution in [0.2, 0.25) is 0 Å². The van der Waals surface area contributed by atoms with Crippen molar-refractivity contribution in [2.45, 2.75) is 58.4 Å². The van der Waals surface area contributed by atoms with Crippen LogP contribution in [0.4, 0.5) is 4.79 Å². The van der Waals surface area contributed by atoms with Crippen LogP contribution >= 0.6 is 0 Å². The predicted octanol–water partition coefficient (Wildman–Crippen LogP) is 0.669. The van der Waals surface area contributed by atoms with Gasteiger partial charge in [0.15, 0.2) is 0 Å². The highest BCUT2D eigenvalue weighted by Crippen LogP contribution is 2.21. The van der Waals surface area contributed by atoms with Gasteiger partial charge in [-0.3, -0.25) is 4.90 Å². The van der Waals surface area contributed by atoms with Gasteiger partial charge in [-0.15, -0.1) is 0 Å². The summed E-state index contributed by atoms with van der Waals surface area (Å²) in [6.07, 6.45) is -1.01. The Morgan fingerprint density at radius 1 is 1.40 bits per heavy atom. The lowest BCUT2D eigenvalue weighted by molar-refractivity contribution is 0.0268. The smallest absolute Gasteiger partial charge is 0.410 e. The highest BCUT2D eigenvalue weighted by atomic mass is 16.6. The van der Waals surface area contributed by atoms with Gasteiger partial charge in [0, 0.05) is 19.1 Å². The van der Waals surface area contributed by atoms with Gasteiger partial charge in [0.05, 0.1) is 25.3 Å². The fourth-order valence-electron chi connectivity index (χ4n) is 2.49. The quantitative estimate of drug-likeness (QED) is 0.795. The monoisotopic (exact) mass is 288 g/mol. The molecule has 0 radical (unpaired) electrons. The van der Waals surface area contributed by atoms with Crippen LogP contribution in [0.25, 0.3) is 0 Å². The minimum atomic E-state index is -0.614. The molecule has 1 amide bonds. The topological polar surface area (TPSA) is 73.2 Å². The number of aliphatic hydroxyl groups is 2. The summed E-state index contributed by atoms with van der Waals surface area (Å²) in [6, 6.07) is 0.0371. The molecule has 20 heavy (non-hydrogen) atoms. The number of hydrogen-bond donors (Lipinski definition) is 2. The molecule has 2 N–H and O–H groups in total. The van der Waals surface area contributed by atoms with Gasteiger partial charge in [0.2, 0.25) is 0 Å².